The zero-order chi connectivity index (χ0) is 18.2. The van der Waals surface area contributed by atoms with E-state index < -0.39 is 30.7 Å². The molecule has 4 atom stereocenters. The number of aromatic nitrogens is 4. The molecule has 2 aromatic rings. The van der Waals surface area contributed by atoms with Gasteiger partial charge in [0.25, 0.3) is 0 Å². The first-order valence-electron chi connectivity index (χ1n) is 8.16. The Balaban J connectivity index is 2.01. The van der Waals surface area contributed by atoms with Crippen molar-refractivity contribution in [3.05, 3.63) is 6.33 Å². The van der Waals surface area contributed by atoms with Crippen LogP contribution in [-0.2, 0) is 4.74 Å². The number of hydrogen-bond acceptors (Lipinski definition) is 8. The average Bonchev–Trinajstić information content (AvgIpc) is 3.07. The van der Waals surface area contributed by atoms with Gasteiger partial charge in [-0.2, -0.15) is 9.97 Å². The largest absolute Gasteiger partial charge is 0.476 e. The van der Waals surface area contributed by atoms with Crippen LogP contribution in [0.5, 0.6) is 5.88 Å². The molecule has 1 saturated heterocycles. The number of nitrogens with two attached hydrogens (primary N) is 1. The molecule has 3 heterocycles. The highest BCUT2D eigenvalue weighted by molar-refractivity contribution is 5.77. The maximum absolute atomic E-state index is 15.0. The van der Waals surface area contributed by atoms with Gasteiger partial charge in [-0.05, 0) is 13.3 Å². The number of unbranched alkanes of at least 4 members (excludes halogenated alkanes) is 1. The molecular weight excluding hydrogens is 333 g/mol. The van der Waals surface area contributed by atoms with Gasteiger partial charge in [0.1, 0.15) is 12.2 Å². The zero-order valence-corrected chi connectivity index (χ0v) is 14.1. The lowest BCUT2D eigenvalue weighted by atomic mass is 9.98. The van der Waals surface area contributed by atoms with Gasteiger partial charge in [-0.15, -0.1) is 0 Å². The van der Waals surface area contributed by atoms with Gasteiger partial charge in [0.05, 0.1) is 19.5 Å². The molecule has 138 valence electrons. The van der Waals surface area contributed by atoms with Gasteiger partial charge in [-0.3, -0.25) is 4.57 Å². The van der Waals surface area contributed by atoms with Crippen molar-refractivity contribution in [3.8, 4) is 5.88 Å². The van der Waals surface area contributed by atoms with E-state index in [1.807, 2.05) is 6.92 Å². The molecule has 1 aliphatic heterocycles. The highest BCUT2D eigenvalue weighted by Crippen LogP contribution is 2.42. The van der Waals surface area contributed by atoms with Gasteiger partial charge < -0.3 is 25.4 Å². The van der Waals surface area contributed by atoms with Gasteiger partial charge in [0.15, 0.2) is 23.1 Å². The first kappa shape index (κ1) is 17.8. The third-order valence-electron chi connectivity index (χ3n) is 4.29. The summed E-state index contributed by atoms with van der Waals surface area (Å²) in [5.41, 5.74) is 4.15. The van der Waals surface area contributed by atoms with E-state index in [0.717, 1.165) is 12.8 Å². The second-order valence-electron chi connectivity index (χ2n) is 6.22. The lowest BCUT2D eigenvalue weighted by Gasteiger charge is -2.24. The molecule has 0 aliphatic carbocycles. The molecule has 25 heavy (non-hydrogen) atoms. The predicted octanol–water partition coefficient (Wildman–Crippen LogP) is 0.566. The number of nitrogens with zero attached hydrogens (tertiary/aromatic N) is 4. The number of rotatable bonds is 6. The maximum atomic E-state index is 15.0. The van der Waals surface area contributed by atoms with Crippen molar-refractivity contribution in [2.45, 2.75) is 50.8 Å². The molecule has 0 radical (unpaired) electrons. The molecule has 0 spiro atoms. The van der Waals surface area contributed by atoms with Crippen molar-refractivity contribution in [2.75, 3.05) is 18.9 Å². The second kappa shape index (κ2) is 6.70. The number of ether oxygens (including phenoxy) is 2. The van der Waals surface area contributed by atoms with E-state index >= 15 is 4.39 Å². The van der Waals surface area contributed by atoms with E-state index in [4.69, 9.17) is 15.2 Å². The van der Waals surface area contributed by atoms with Crippen molar-refractivity contribution >= 4 is 17.1 Å². The Bertz CT molecular complexity index is 753. The molecule has 1 unspecified atom stereocenters. The van der Waals surface area contributed by atoms with Gasteiger partial charge >= 0.3 is 0 Å². The number of alkyl halides is 1. The topological polar surface area (TPSA) is 129 Å². The fraction of sp³-hybridized carbons (Fsp3) is 0.667. The standard InChI is InChI=1S/C15H22FN5O4/c1-3-4-5-24-12-9-11(19-14(17)20-12)21(7-18-9)13-15(2,16)10(23)8(6-22)25-13/h7-8,10,13,22-23H,3-6H2,1-2H3,(H2,17,19,20)/t8-,10?,13-,15-/m1/s1. The van der Waals surface area contributed by atoms with Crippen LogP contribution in [0.4, 0.5) is 10.3 Å². The Kier molecular flexibility index (Phi) is 4.76. The summed E-state index contributed by atoms with van der Waals surface area (Å²) in [6.07, 6.45) is -0.626. The fourth-order valence-electron chi connectivity index (χ4n) is 2.86. The molecule has 0 saturated carbocycles. The van der Waals surface area contributed by atoms with Crippen LogP contribution in [-0.4, -0.2) is 60.8 Å². The average molecular weight is 355 g/mol. The monoisotopic (exact) mass is 355 g/mol. The quantitative estimate of drug-likeness (QED) is 0.641. The summed E-state index contributed by atoms with van der Waals surface area (Å²) in [6.45, 7) is 3.17. The van der Waals surface area contributed by atoms with Crippen molar-refractivity contribution < 1.29 is 24.1 Å². The van der Waals surface area contributed by atoms with Crippen LogP contribution in [0.15, 0.2) is 6.33 Å². The van der Waals surface area contributed by atoms with Crippen molar-refractivity contribution in [2.24, 2.45) is 0 Å². The summed E-state index contributed by atoms with van der Waals surface area (Å²) in [5, 5.41) is 19.3. The molecule has 9 nitrogen and oxygen atoms in total. The van der Waals surface area contributed by atoms with Crippen LogP contribution < -0.4 is 10.5 Å². The number of nitrogen functional groups attached to an aromatic ring is 1. The van der Waals surface area contributed by atoms with E-state index in [1.165, 1.54) is 17.8 Å². The Hall–Kier alpha value is -2.04. The van der Waals surface area contributed by atoms with E-state index in [-0.39, 0.29) is 17.5 Å². The van der Waals surface area contributed by atoms with Gasteiger partial charge in [-0.1, -0.05) is 13.3 Å². The van der Waals surface area contributed by atoms with Crippen LogP contribution >= 0.6 is 0 Å². The van der Waals surface area contributed by atoms with Crippen LogP contribution in [0, 0.1) is 0 Å². The summed E-state index contributed by atoms with van der Waals surface area (Å²) < 4.78 is 27.4. The lowest BCUT2D eigenvalue weighted by Crippen LogP contribution is -2.40. The number of hydrogen-bond donors (Lipinski definition) is 3. The fourth-order valence-corrected chi connectivity index (χ4v) is 2.86. The Morgan fingerprint density at radius 2 is 2.24 bits per heavy atom. The normalized spacial score (nSPS) is 29.4. The van der Waals surface area contributed by atoms with E-state index in [0.29, 0.717) is 12.1 Å². The molecular formula is C15H22FN5O4. The van der Waals surface area contributed by atoms with Crippen molar-refractivity contribution in [1.29, 1.82) is 0 Å². The van der Waals surface area contributed by atoms with E-state index in [2.05, 4.69) is 15.0 Å². The molecule has 4 N–H and O–H groups in total. The van der Waals surface area contributed by atoms with Gasteiger partial charge in [-0.25, -0.2) is 9.37 Å². The van der Waals surface area contributed by atoms with E-state index in [1.54, 1.807) is 0 Å². The minimum absolute atomic E-state index is 0.0430. The summed E-state index contributed by atoms with van der Waals surface area (Å²) >= 11 is 0. The Morgan fingerprint density at radius 1 is 1.48 bits per heavy atom. The van der Waals surface area contributed by atoms with Crippen molar-refractivity contribution in [3.63, 3.8) is 0 Å². The SMILES string of the molecule is CCCCOc1nc(N)nc2c1ncn2[C@@H]1O[C@H](CO)C(O)[C@@]1(C)F. The summed E-state index contributed by atoms with van der Waals surface area (Å²) in [5.74, 6) is 0.172. The molecule has 1 aliphatic rings. The van der Waals surface area contributed by atoms with Crippen LogP contribution in [0.1, 0.15) is 32.9 Å². The molecule has 2 aromatic heterocycles. The zero-order valence-electron chi connectivity index (χ0n) is 14.1. The van der Waals surface area contributed by atoms with Crippen LogP contribution in [0.3, 0.4) is 0 Å². The second-order valence-corrected chi connectivity index (χ2v) is 6.22. The third-order valence-corrected chi connectivity index (χ3v) is 4.29. The van der Waals surface area contributed by atoms with E-state index in [9.17, 15) is 10.2 Å². The minimum Gasteiger partial charge on any atom is -0.476 e. The molecule has 0 bridgehead atoms. The predicted molar refractivity (Wildman–Crippen MR) is 86.7 cm³/mol. The maximum Gasteiger partial charge on any atom is 0.247 e. The molecule has 3 rings (SSSR count). The number of aliphatic hydroxyl groups is 2. The number of aliphatic hydroxyl groups excluding tert-OH is 2. The molecule has 0 aromatic carbocycles. The molecule has 10 heteroatoms. The lowest BCUT2D eigenvalue weighted by molar-refractivity contribution is -0.0566. The Labute approximate surface area is 143 Å². The smallest absolute Gasteiger partial charge is 0.247 e. The van der Waals surface area contributed by atoms with Crippen LogP contribution in [0.25, 0.3) is 11.2 Å². The number of fused-ring (bicyclic) bond motifs is 1. The first-order valence-corrected chi connectivity index (χ1v) is 8.16. The Morgan fingerprint density at radius 3 is 2.88 bits per heavy atom. The van der Waals surface area contributed by atoms with Gasteiger partial charge in [0.2, 0.25) is 11.8 Å². The van der Waals surface area contributed by atoms with Gasteiger partial charge in [0, 0.05) is 0 Å². The number of anilines is 1. The molecule has 0 amide bonds. The highest BCUT2D eigenvalue weighted by Gasteiger charge is 2.55. The first-order chi connectivity index (χ1) is 11.9. The summed E-state index contributed by atoms with van der Waals surface area (Å²) in [6, 6.07) is 0. The summed E-state index contributed by atoms with van der Waals surface area (Å²) in [7, 11) is 0. The highest BCUT2D eigenvalue weighted by atomic mass is 19.1. The minimum atomic E-state index is -2.15. The number of imidazole rings is 1. The third kappa shape index (κ3) is 3.00. The number of halogens is 1. The van der Waals surface area contributed by atoms with Crippen molar-refractivity contribution in [1.82, 2.24) is 19.5 Å². The summed E-state index contributed by atoms with van der Waals surface area (Å²) in [4.78, 5) is 12.3. The molecule has 1 fully saturated rings. The van der Waals surface area contributed by atoms with Crippen LogP contribution in [0.2, 0.25) is 0 Å².